The molecule has 1 aromatic heterocycles. The number of hydrogen-bond donors (Lipinski definition) is 1. The molecule has 14 heavy (non-hydrogen) atoms. The Labute approximate surface area is 90.2 Å². The number of carbonyl (C=O) groups excluding carboxylic acids is 1. The standard InChI is InChI=1S/C9H10BrN3O/c10-8-2-1-7(4-12-8)13-5-6(11)3-9(13)14/h1-2,4,6H,3,5,11H2. The minimum Gasteiger partial charge on any atom is -0.326 e. The summed E-state index contributed by atoms with van der Waals surface area (Å²) >= 11 is 3.24. The molecule has 2 N–H and O–H groups in total. The van der Waals surface area contributed by atoms with Crippen LogP contribution < -0.4 is 10.6 Å². The van der Waals surface area contributed by atoms with E-state index in [0.29, 0.717) is 13.0 Å². The fourth-order valence-corrected chi connectivity index (χ4v) is 1.75. The van der Waals surface area contributed by atoms with Crippen LogP contribution in [0.5, 0.6) is 0 Å². The number of carbonyl (C=O) groups is 1. The molecule has 1 amide bonds. The van der Waals surface area contributed by atoms with E-state index in [4.69, 9.17) is 5.73 Å². The summed E-state index contributed by atoms with van der Waals surface area (Å²) in [5.41, 5.74) is 6.50. The Hall–Kier alpha value is -0.940. The average Bonchev–Trinajstić information content (AvgIpc) is 2.47. The molecule has 2 heterocycles. The van der Waals surface area contributed by atoms with Gasteiger partial charge in [0.25, 0.3) is 0 Å². The van der Waals surface area contributed by atoms with Crippen LogP contribution in [-0.4, -0.2) is 23.5 Å². The lowest BCUT2D eigenvalue weighted by Crippen LogP contribution is -2.27. The summed E-state index contributed by atoms with van der Waals surface area (Å²) in [6.45, 7) is 0.585. The maximum Gasteiger partial charge on any atom is 0.228 e. The van der Waals surface area contributed by atoms with Crippen molar-refractivity contribution < 1.29 is 4.79 Å². The Morgan fingerprint density at radius 3 is 2.86 bits per heavy atom. The highest BCUT2D eigenvalue weighted by Crippen LogP contribution is 2.20. The van der Waals surface area contributed by atoms with Gasteiger partial charge in [-0.25, -0.2) is 4.98 Å². The molecule has 1 saturated heterocycles. The minimum absolute atomic E-state index is 0.0499. The second-order valence-electron chi connectivity index (χ2n) is 3.31. The first-order valence-electron chi connectivity index (χ1n) is 4.34. The van der Waals surface area contributed by atoms with Gasteiger partial charge in [-0.05, 0) is 28.1 Å². The Bertz CT molecular complexity index is 352. The fourth-order valence-electron chi connectivity index (χ4n) is 1.51. The fraction of sp³-hybridized carbons (Fsp3) is 0.333. The number of nitrogens with two attached hydrogens (primary N) is 1. The molecule has 0 bridgehead atoms. The van der Waals surface area contributed by atoms with E-state index in [0.717, 1.165) is 10.3 Å². The van der Waals surface area contributed by atoms with Crippen molar-refractivity contribution in [1.82, 2.24) is 4.98 Å². The molecule has 1 atom stereocenters. The van der Waals surface area contributed by atoms with Gasteiger partial charge in [0.05, 0.1) is 11.9 Å². The number of hydrogen-bond acceptors (Lipinski definition) is 3. The number of amides is 1. The van der Waals surface area contributed by atoms with Crippen LogP contribution in [0.3, 0.4) is 0 Å². The molecule has 1 aromatic rings. The van der Waals surface area contributed by atoms with Crippen molar-refractivity contribution in [2.45, 2.75) is 12.5 Å². The zero-order chi connectivity index (χ0) is 10.1. The monoisotopic (exact) mass is 255 g/mol. The minimum atomic E-state index is -0.0499. The van der Waals surface area contributed by atoms with Crippen molar-refractivity contribution in [3.8, 4) is 0 Å². The number of nitrogens with zero attached hydrogens (tertiary/aromatic N) is 2. The molecule has 0 spiro atoms. The first-order valence-corrected chi connectivity index (χ1v) is 5.13. The third kappa shape index (κ3) is 1.78. The van der Waals surface area contributed by atoms with Crippen LogP contribution in [0.1, 0.15) is 6.42 Å². The van der Waals surface area contributed by atoms with Crippen molar-refractivity contribution in [2.24, 2.45) is 5.73 Å². The van der Waals surface area contributed by atoms with E-state index in [2.05, 4.69) is 20.9 Å². The predicted molar refractivity (Wildman–Crippen MR) is 56.9 cm³/mol. The van der Waals surface area contributed by atoms with Crippen molar-refractivity contribution in [3.05, 3.63) is 22.9 Å². The van der Waals surface area contributed by atoms with Crippen molar-refractivity contribution >= 4 is 27.5 Å². The van der Waals surface area contributed by atoms with E-state index < -0.39 is 0 Å². The zero-order valence-corrected chi connectivity index (χ0v) is 9.07. The van der Waals surface area contributed by atoms with Crippen molar-refractivity contribution in [2.75, 3.05) is 11.4 Å². The van der Waals surface area contributed by atoms with Gasteiger partial charge in [-0.2, -0.15) is 0 Å². The predicted octanol–water partition coefficient (Wildman–Crippen LogP) is 0.908. The molecular formula is C9H10BrN3O. The zero-order valence-electron chi connectivity index (χ0n) is 7.48. The third-order valence-electron chi connectivity index (χ3n) is 2.18. The van der Waals surface area contributed by atoms with Crippen LogP contribution in [0.15, 0.2) is 22.9 Å². The lowest BCUT2D eigenvalue weighted by atomic mass is 10.3. The molecule has 5 heteroatoms. The molecule has 1 aliphatic rings. The van der Waals surface area contributed by atoms with Gasteiger partial charge < -0.3 is 10.6 Å². The normalized spacial score (nSPS) is 21.7. The Morgan fingerprint density at radius 2 is 2.36 bits per heavy atom. The SMILES string of the molecule is NC1CC(=O)N(c2ccc(Br)nc2)C1. The van der Waals surface area contributed by atoms with Crippen molar-refractivity contribution in [3.63, 3.8) is 0 Å². The molecule has 74 valence electrons. The largest absolute Gasteiger partial charge is 0.326 e. The van der Waals surface area contributed by atoms with E-state index in [9.17, 15) is 4.79 Å². The van der Waals surface area contributed by atoms with Crippen LogP contribution in [0, 0.1) is 0 Å². The molecule has 1 aliphatic heterocycles. The Morgan fingerprint density at radius 1 is 1.57 bits per heavy atom. The van der Waals surface area contributed by atoms with Crippen LogP contribution in [-0.2, 0) is 4.79 Å². The van der Waals surface area contributed by atoms with E-state index in [1.54, 1.807) is 11.1 Å². The van der Waals surface area contributed by atoms with E-state index in [1.807, 2.05) is 12.1 Å². The summed E-state index contributed by atoms with van der Waals surface area (Å²) in [6.07, 6.45) is 2.09. The first-order chi connectivity index (χ1) is 6.66. The molecule has 0 saturated carbocycles. The lowest BCUT2D eigenvalue weighted by molar-refractivity contribution is -0.117. The summed E-state index contributed by atoms with van der Waals surface area (Å²) in [4.78, 5) is 17.2. The van der Waals surface area contributed by atoms with Gasteiger partial charge >= 0.3 is 0 Å². The summed E-state index contributed by atoms with van der Waals surface area (Å²) in [7, 11) is 0. The number of halogens is 1. The van der Waals surface area contributed by atoms with Gasteiger partial charge in [0.1, 0.15) is 4.60 Å². The van der Waals surface area contributed by atoms with E-state index in [-0.39, 0.29) is 11.9 Å². The summed E-state index contributed by atoms with van der Waals surface area (Å²) < 4.78 is 0.761. The van der Waals surface area contributed by atoms with Gasteiger partial charge in [0.15, 0.2) is 0 Å². The molecule has 1 unspecified atom stereocenters. The molecule has 0 aromatic carbocycles. The average molecular weight is 256 g/mol. The highest BCUT2D eigenvalue weighted by molar-refractivity contribution is 9.10. The topological polar surface area (TPSA) is 59.2 Å². The summed E-state index contributed by atoms with van der Waals surface area (Å²) in [5, 5.41) is 0. The van der Waals surface area contributed by atoms with Gasteiger partial charge in [0.2, 0.25) is 5.91 Å². The molecule has 2 rings (SSSR count). The second-order valence-corrected chi connectivity index (χ2v) is 4.12. The maximum atomic E-state index is 11.5. The van der Waals surface area contributed by atoms with Crippen LogP contribution in [0.4, 0.5) is 5.69 Å². The van der Waals surface area contributed by atoms with Crippen LogP contribution in [0.2, 0.25) is 0 Å². The first kappa shape index (κ1) is 9.61. The van der Waals surface area contributed by atoms with Gasteiger partial charge in [0, 0.05) is 19.0 Å². The smallest absolute Gasteiger partial charge is 0.228 e. The summed E-state index contributed by atoms with van der Waals surface area (Å²) in [6, 6.07) is 3.62. The number of anilines is 1. The highest BCUT2D eigenvalue weighted by atomic mass is 79.9. The quantitative estimate of drug-likeness (QED) is 0.760. The third-order valence-corrected chi connectivity index (χ3v) is 2.65. The van der Waals surface area contributed by atoms with Gasteiger partial charge in [-0.1, -0.05) is 0 Å². The lowest BCUT2D eigenvalue weighted by Gasteiger charge is -2.15. The van der Waals surface area contributed by atoms with Crippen LogP contribution in [0.25, 0.3) is 0 Å². The highest BCUT2D eigenvalue weighted by Gasteiger charge is 2.27. The van der Waals surface area contributed by atoms with Crippen LogP contribution >= 0.6 is 15.9 Å². The second kappa shape index (κ2) is 3.67. The van der Waals surface area contributed by atoms with Gasteiger partial charge in [-0.15, -0.1) is 0 Å². The number of rotatable bonds is 1. The van der Waals surface area contributed by atoms with E-state index in [1.165, 1.54) is 0 Å². The molecule has 0 radical (unpaired) electrons. The van der Waals surface area contributed by atoms with Crippen molar-refractivity contribution in [1.29, 1.82) is 0 Å². The molecule has 1 fully saturated rings. The Balaban J connectivity index is 2.23. The molecular weight excluding hydrogens is 246 g/mol. The Kier molecular flexibility index (Phi) is 2.52. The number of aromatic nitrogens is 1. The number of pyridine rings is 1. The molecule has 4 nitrogen and oxygen atoms in total. The molecule has 0 aliphatic carbocycles. The summed E-state index contributed by atoms with van der Waals surface area (Å²) in [5.74, 6) is 0.0709. The van der Waals surface area contributed by atoms with E-state index >= 15 is 0 Å². The maximum absolute atomic E-state index is 11.5. The van der Waals surface area contributed by atoms with Gasteiger partial charge in [-0.3, -0.25) is 4.79 Å².